The molecule has 5 heteroatoms. The number of nitrogens with one attached hydrogen (secondary N) is 1. The number of nitrogens with zero attached hydrogens (tertiary/aromatic N) is 2. The number of methoxy groups -OCH3 is 1. The number of oxazole rings is 1. The van der Waals surface area contributed by atoms with E-state index >= 15 is 0 Å². The number of para-hydroxylation sites is 2. The van der Waals surface area contributed by atoms with Gasteiger partial charge in [-0.05, 0) is 24.3 Å². The van der Waals surface area contributed by atoms with Crippen LogP contribution in [0.5, 0.6) is 5.75 Å². The van der Waals surface area contributed by atoms with E-state index in [1.54, 1.807) is 7.11 Å². The van der Waals surface area contributed by atoms with E-state index in [4.69, 9.17) is 9.15 Å². The van der Waals surface area contributed by atoms with Crippen LogP contribution in [0.15, 0.2) is 46.9 Å². The van der Waals surface area contributed by atoms with Crippen LogP contribution in [-0.2, 0) is 0 Å². The lowest BCUT2D eigenvalue weighted by atomic mass is 10.3. The third kappa shape index (κ3) is 1.64. The van der Waals surface area contributed by atoms with Gasteiger partial charge in [-0.25, -0.2) is 9.97 Å². The van der Waals surface area contributed by atoms with Gasteiger partial charge in [0.15, 0.2) is 11.4 Å². The molecule has 0 radical (unpaired) electrons. The predicted octanol–water partition coefficient (Wildman–Crippen LogP) is 3.38. The lowest BCUT2D eigenvalue weighted by Crippen LogP contribution is -1.81. The summed E-state index contributed by atoms with van der Waals surface area (Å²) in [6.07, 6.45) is 0. The van der Waals surface area contributed by atoms with Gasteiger partial charge < -0.3 is 14.1 Å². The summed E-state index contributed by atoms with van der Waals surface area (Å²) in [4.78, 5) is 12.1. The van der Waals surface area contributed by atoms with Gasteiger partial charge in [0.05, 0.1) is 18.1 Å². The molecule has 0 aliphatic rings. The molecule has 0 aliphatic heterocycles. The molecule has 0 fully saturated rings. The molecular weight excluding hydrogens is 254 g/mol. The summed E-state index contributed by atoms with van der Waals surface area (Å²) in [5, 5.41) is 0. The number of ether oxygens (including phenoxy) is 1. The second kappa shape index (κ2) is 4.09. The number of imidazole rings is 1. The molecular formula is C15H11N3O2. The van der Waals surface area contributed by atoms with Crippen molar-refractivity contribution >= 4 is 22.1 Å². The van der Waals surface area contributed by atoms with Crippen molar-refractivity contribution in [3.63, 3.8) is 0 Å². The molecule has 2 heterocycles. The summed E-state index contributed by atoms with van der Waals surface area (Å²) in [6.45, 7) is 0. The van der Waals surface area contributed by atoms with Crippen LogP contribution in [0.25, 0.3) is 33.8 Å². The average molecular weight is 265 g/mol. The number of hydrogen-bond donors (Lipinski definition) is 1. The molecule has 0 unspecified atom stereocenters. The fraction of sp³-hybridized carbons (Fsp3) is 0.0667. The largest absolute Gasteiger partial charge is 0.497 e. The van der Waals surface area contributed by atoms with Gasteiger partial charge in [-0.2, -0.15) is 0 Å². The first-order valence-electron chi connectivity index (χ1n) is 6.23. The molecule has 0 spiro atoms. The molecule has 0 bridgehead atoms. The first kappa shape index (κ1) is 11.0. The number of aromatic amines is 1. The van der Waals surface area contributed by atoms with Gasteiger partial charge in [-0.15, -0.1) is 0 Å². The van der Waals surface area contributed by atoms with Crippen LogP contribution in [0.1, 0.15) is 0 Å². The molecule has 0 saturated carbocycles. The van der Waals surface area contributed by atoms with Gasteiger partial charge in [0.25, 0.3) is 5.89 Å². The third-order valence-corrected chi connectivity index (χ3v) is 3.19. The normalized spacial score (nSPS) is 11.2. The highest BCUT2D eigenvalue weighted by Crippen LogP contribution is 2.26. The summed E-state index contributed by atoms with van der Waals surface area (Å²) < 4.78 is 10.9. The average Bonchev–Trinajstić information content (AvgIpc) is 3.09. The molecule has 20 heavy (non-hydrogen) atoms. The maximum absolute atomic E-state index is 5.72. The van der Waals surface area contributed by atoms with E-state index < -0.39 is 0 Å². The molecule has 0 saturated heterocycles. The van der Waals surface area contributed by atoms with Crippen LogP contribution in [0.4, 0.5) is 0 Å². The van der Waals surface area contributed by atoms with Crippen molar-refractivity contribution in [1.29, 1.82) is 0 Å². The Morgan fingerprint density at radius 1 is 1.05 bits per heavy atom. The topological polar surface area (TPSA) is 63.9 Å². The van der Waals surface area contributed by atoms with E-state index in [0.29, 0.717) is 17.3 Å². The lowest BCUT2D eigenvalue weighted by Gasteiger charge is -1.95. The van der Waals surface area contributed by atoms with Crippen molar-refractivity contribution in [1.82, 2.24) is 15.0 Å². The Balaban J connectivity index is 1.88. The minimum atomic E-state index is 0.476. The Kier molecular flexibility index (Phi) is 2.26. The molecule has 0 atom stereocenters. The summed E-state index contributed by atoms with van der Waals surface area (Å²) in [5.74, 6) is 1.85. The number of H-pyrrole nitrogens is 1. The van der Waals surface area contributed by atoms with Crippen molar-refractivity contribution < 1.29 is 9.15 Å². The number of fused-ring (bicyclic) bond motifs is 2. The highest BCUT2D eigenvalue weighted by molar-refractivity contribution is 5.80. The zero-order chi connectivity index (χ0) is 13.5. The SMILES string of the molecule is COc1ccc2oc(-c3nc4ccccc4[nH]3)nc2c1. The van der Waals surface area contributed by atoms with Crippen molar-refractivity contribution in [3.8, 4) is 17.5 Å². The Morgan fingerprint density at radius 3 is 2.80 bits per heavy atom. The van der Waals surface area contributed by atoms with E-state index in [1.807, 2.05) is 42.5 Å². The number of rotatable bonds is 2. The molecule has 5 nitrogen and oxygen atoms in total. The van der Waals surface area contributed by atoms with Gasteiger partial charge in [0.2, 0.25) is 0 Å². The number of benzene rings is 2. The predicted molar refractivity (Wildman–Crippen MR) is 75.6 cm³/mol. The van der Waals surface area contributed by atoms with Gasteiger partial charge in [-0.3, -0.25) is 0 Å². The Labute approximate surface area is 114 Å². The minimum absolute atomic E-state index is 0.476. The summed E-state index contributed by atoms with van der Waals surface area (Å²) in [5.41, 5.74) is 3.31. The van der Waals surface area contributed by atoms with Gasteiger partial charge in [-0.1, -0.05) is 12.1 Å². The van der Waals surface area contributed by atoms with Crippen molar-refractivity contribution in [3.05, 3.63) is 42.5 Å². The third-order valence-electron chi connectivity index (χ3n) is 3.19. The van der Waals surface area contributed by atoms with Crippen molar-refractivity contribution in [2.24, 2.45) is 0 Å². The Morgan fingerprint density at radius 2 is 1.95 bits per heavy atom. The highest BCUT2D eigenvalue weighted by Gasteiger charge is 2.12. The monoisotopic (exact) mass is 265 g/mol. The van der Waals surface area contributed by atoms with Crippen LogP contribution in [0, 0.1) is 0 Å². The summed E-state index contributed by atoms with van der Waals surface area (Å²) >= 11 is 0. The van der Waals surface area contributed by atoms with Crippen LogP contribution in [-0.4, -0.2) is 22.1 Å². The standard InChI is InChI=1S/C15H11N3O2/c1-19-9-6-7-13-12(8-9)18-15(20-13)14-16-10-4-2-3-5-11(10)17-14/h2-8H,1H3,(H,16,17). The van der Waals surface area contributed by atoms with E-state index in [1.165, 1.54) is 0 Å². The molecule has 98 valence electrons. The molecule has 0 aliphatic carbocycles. The van der Waals surface area contributed by atoms with E-state index in [-0.39, 0.29) is 0 Å². The van der Waals surface area contributed by atoms with Gasteiger partial charge in [0, 0.05) is 6.07 Å². The second-order valence-electron chi connectivity index (χ2n) is 4.46. The van der Waals surface area contributed by atoms with Crippen LogP contribution >= 0.6 is 0 Å². The van der Waals surface area contributed by atoms with Gasteiger partial charge >= 0.3 is 0 Å². The van der Waals surface area contributed by atoms with Crippen LogP contribution < -0.4 is 4.74 Å². The first-order chi connectivity index (χ1) is 9.83. The molecule has 2 aromatic carbocycles. The van der Waals surface area contributed by atoms with Crippen molar-refractivity contribution in [2.75, 3.05) is 7.11 Å². The number of hydrogen-bond acceptors (Lipinski definition) is 4. The summed E-state index contributed by atoms with van der Waals surface area (Å²) in [6, 6.07) is 13.3. The van der Waals surface area contributed by atoms with E-state index in [2.05, 4.69) is 15.0 Å². The minimum Gasteiger partial charge on any atom is -0.497 e. The van der Waals surface area contributed by atoms with E-state index in [0.717, 1.165) is 22.3 Å². The Hall–Kier alpha value is -2.82. The molecule has 1 N–H and O–H groups in total. The Bertz CT molecular complexity index is 875. The van der Waals surface area contributed by atoms with E-state index in [9.17, 15) is 0 Å². The smallest absolute Gasteiger partial charge is 0.264 e. The fourth-order valence-electron chi connectivity index (χ4n) is 2.19. The summed E-state index contributed by atoms with van der Waals surface area (Å²) in [7, 11) is 1.63. The lowest BCUT2D eigenvalue weighted by molar-refractivity contribution is 0.415. The molecule has 2 aromatic heterocycles. The van der Waals surface area contributed by atoms with Gasteiger partial charge in [0.1, 0.15) is 11.3 Å². The number of aromatic nitrogens is 3. The maximum Gasteiger partial charge on any atom is 0.264 e. The molecule has 4 rings (SSSR count). The highest BCUT2D eigenvalue weighted by atomic mass is 16.5. The van der Waals surface area contributed by atoms with Crippen LogP contribution in [0.2, 0.25) is 0 Å². The molecule has 0 amide bonds. The maximum atomic E-state index is 5.72. The first-order valence-corrected chi connectivity index (χ1v) is 6.23. The van der Waals surface area contributed by atoms with Crippen molar-refractivity contribution in [2.45, 2.75) is 0 Å². The van der Waals surface area contributed by atoms with Crippen LogP contribution in [0.3, 0.4) is 0 Å². The zero-order valence-corrected chi connectivity index (χ0v) is 10.8. The molecule has 4 aromatic rings. The quantitative estimate of drug-likeness (QED) is 0.603. The fourth-order valence-corrected chi connectivity index (χ4v) is 2.19. The second-order valence-corrected chi connectivity index (χ2v) is 4.46. The zero-order valence-electron chi connectivity index (χ0n) is 10.8.